The SMILES string of the molecule is Cc1cc(C)n(CCC(=O)N2CCCC(n3cncn3)C2)n1. The maximum Gasteiger partial charge on any atom is 0.224 e. The summed E-state index contributed by atoms with van der Waals surface area (Å²) in [4.78, 5) is 18.4. The Labute approximate surface area is 129 Å². The summed E-state index contributed by atoms with van der Waals surface area (Å²) in [6, 6.07) is 2.28. The first-order valence-electron chi connectivity index (χ1n) is 7.76. The van der Waals surface area contributed by atoms with Gasteiger partial charge in [0, 0.05) is 31.7 Å². The Morgan fingerprint density at radius 2 is 2.27 bits per heavy atom. The third-order valence-corrected chi connectivity index (χ3v) is 4.20. The molecule has 22 heavy (non-hydrogen) atoms. The van der Waals surface area contributed by atoms with Crippen molar-refractivity contribution in [2.24, 2.45) is 0 Å². The van der Waals surface area contributed by atoms with E-state index in [1.807, 2.05) is 34.2 Å². The van der Waals surface area contributed by atoms with E-state index in [1.165, 1.54) is 0 Å². The summed E-state index contributed by atoms with van der Waals surface area (Å²) < 4.78 is 3.77. The van der Waals surface area contributed by atoms with Gasteiger partial charge in [0.1, 0.15) is 12.7 Å². The molecule has 1 unspecified atom stereocenters. The quantitative estimate of drug-likeness (QED) is 0.855. The normalized spacial score (nSPS) is 18.6. The molecule has 0 radical (unpaired) electrons. The minimum atomic E-state index is 0.192. The van der Waals surface area contributed by atoms with Crippen LogP contribution in [0.2, 0.25) is 0 Å². The molecule has 7 heteroatoms. The van der Waals surface area contributed by atoms with Gasteiger partial charge >= 0.3 is 0 Å². The van der Waals surface area contributed by atoms with Gasteiger partial charge in [0.15, 0.2) is 0 Å². The maximum atomic E-state index is 12.4. The molecule has 0 aliphatic carbocycles. The largest absolute Gasteiger partial charge is 0.340 e. The Kier molecular flexibility index (Phi) is 4.22. The highest BCUT2D eigenvalue weighted by Gasteiger charge is 2.25. The minimum absolute atomic E-state index is 0.192. The number of nitrogens with zero attached hydrogens (tertiary/aromatic N) is 6. The lowest BCUT2D eigenvalue weighted by Crippen LogP contribution is -2.41. The molecule has 1 aliphatic rings. The zero-order valence-corrected chi connectivity index (χ0v) is 13.1. The number of carbonyl (C=O) groups is 1. The third kappa shape index (κ3) is 3.18. The van der Waals surface area contributed by atoms with Crippen LogP contribution in [0.25, 0.3) is 0 Å². The van der Waals surface area contributed by atoms with Gasteiger partial charge in [0.05, 0.1) is 11.7 Å². The first-order chi connectivity index (χ1) is 10.6. The monoisotopic (exact) mass is 302 g/mol. The first-order valence-corrected chi connectivity index (χ1v) is 7.76. The third-order valence-electron chi connectivity index (χ3n) is 4.20. The molecule has 1 atom stereocenters. The van der Waals surface area contributed by atoms with E-state index in [4.69, 9.17) is 0 Å². The minimum Gasteiger partial charge on any atom is -0.340 e. The van der Waals surface area contributed by atoms with Crippen molar-refractivity contribution < 1.29 is 4.79 Å². The van der Waals surface area contributed by atoms with Crippen molar-refractivity contribution in [2.45, 2.75) is 45.7 Å². The van der Waals surface area contributed by atoms with E-state index in [2.05, 4.69) is 15.2 Å². The molecule has 1 fully saturated rings. The van der Waals surface area contributed by atoms with Crippen LogP contribution in [0, 0.1) is 13.8 Å². The van der Waals surface area contributed by atoms with Crippen LogP contribution in [-0.4, -0.2) is 48.4 Å². The van der Waals surface area contributed by atoms with Gasteiger partial charge in [0.25, 0.3) is 0 Å². The van der Waals surface area contributed by atoms with E-state index in [1.54, 1.807) is 12.7 Å². The number of amides is 1. The number of likely N-dealkylation sites (tertiary alicyclic amines) is 1. The van der Waals surface area contributed by atoms with Gasteiger partial charge in [0.2, 0.25) is 5.91 Å². The van der Waals surface area contributed by atoms with Crippen molar-refractivity contribution in [3.05, 3.63) is 30.1 Å². The molecule has 3 rings (SSSR count). The standard InChI is InChI=1S/C15H22N6O/c1-12-8-13(2)20(18-12)7-5-15(22)19-6-3-4-14(9-19)21-11-16-10-17-21/h8,10-11,14H,3-7,9H2,1-2H3. The molecule has 1 amide bonds. The number of carbonyl (C=O) groups excluding carboxylic acids is 1. The lowest BCUT2D eigenvalue weighted by Gasteiger charge is -2.32. The number of hydrogen-bond acceptors (Lipinski definition) is 4. The van der Waals surface area contributed by atoms with E-state index in [0.717, 1.165) is 37.3 Å². The van der Waals surface area contributed by atoms with E-state index < -0.39 is 0 Å². The maximum absolute atomic E-state index is 12.4. The predicted octanol–water partition coefficient (Wildman–Crippen LogP) is 1.35. The fourth-order valence-electron chi connectivity index (χ4n) is 3.06. The molecule has 7 nitrogen and oxygen atoms in total. The van der Waals surface area contributed by atoms with Crippen molar-refractivity contribution in [3.63, 3.8) is 0 Å². The summed E-state index contributed by atoms with van der Waals surface area (Å²) >= 11 is 0. The predicted molar refractivity (Wildman–Crippen MR) is 81.2 cm³/mol. The van der Waals surface area contributed by atoms with Crippen LogP contribution >= 0.6 is 0 Å². The molecule has 0 aromatic carbocycles. The lowest BCUT2D eigenvalue weighted by molar-refractivity contribution is -0.133. The van der Waals surface area contributed by atoms with Crippen LogP contribution in [-0.2, 0) is 11.3 Å². The fourth-order valence-corrected chi connectivity index (χ4v) is 3.06. The smallest absolute Gasteiger partial charge is 0.224 e. The number of rotatable bonds is 4. The Bertz CT molecular complexity index is 633. The molecule has 0 N–H and O–H groups in total. The highest BCUT2D eigenvalue weighted by Crippen LogP contribution is 2.20. The fraction of sp³-hybridized carbons (Fsp3) is 0.600. The van der Waals surface area contributed by atoms with Crippen molar-refractivity contribution in [2.75, 3.05) is 13.1 Å². The number of aryl methyl sites for hydroxylation is 3. The molecule has 2 aromatic heterocycles. The topological polar surface area (TPSA) is 68.8 Å². The van der Waals surface area contributed by atoms with Crippen LogP contribution in [0.4, 0.5) is 0 Å². The zero-order chi connectivity index (χ0) is 15.5. The van der Waals surface area contributed by atoms with Crippen LogP contribution in [0.5, 0.6) is 0 Å². The van der Waals surface area contributed by atoms with Gasteiger partial charge in [-0.15, -0.1) is 0 Å². The average Bonchev–Trinajstić information content (AvgIpc) is 3.15. The first kappa shape index (κ1) is 14.7. The lowest BCUT2D eigenvalue weighted by atomic mass is 10.1. The average molecular weight is 302 g/mol. The molecule has 0 bridgehead atoms. The molecule has 1 saturated heterocycles. The van der Waals surface area contributed by atoms with Crippen molar-refractivity contribution in [3.8, 4) is 0 Å². The summed E-state index contributed by atoms with van der Waals surface area (Å²) in [6.07, 6.45) is 5.82. The van der Waals surface area contributed by atoms with Crippen LogP contribution in [0.15, 0.2) is 18.7 Å². The molecule has 0 spiro atoms. The highest BCUT2D eigenvalue weighted by atomic mass is 16.2. The van der Waals surface area contributed by atoms with E-state index in [9.17, 15) is 4.79 Å². The Morgan fingerprint density at radius 1 is 1.41 bits per heavy atom. The molecule has 0 saturated carbocycles. The van der Waals surface area contributed by atoms with Crippen molar-refractivity contribution in [1.29, 1.82) is 0 Å². The summed E-state index contributed by atoms with van der Waals surface area (Å²) in [5, 5.41) is 8.60. The molecular weight excluding hydrogens is 280 g/mol. The molecule has 3 heterocycles. The Morgan fingerprint density at radius 3 is 2.95 bits per heavy atom. The second-order valence-corrected chi connectivity index (χ2v) is 5.91. The van der Waals surface area contributed by atoms with Gasteiger partial charge in [-0.2, -0.15) is 10.2 Å². The summed E-state index contributed by atoms with van der Waals surface area (Å²) in [5.41, 5.74) is 2.10. The summed E-state index contributed by atoms with van der Waals surface area (Å²) in [7, 11) is 0. The zero-order valence-electron chi connectivity index (χ0n) is 13.1. The number of aromatic nitrogens is 5. The van der Waals surface area contributed by atoms with Crippen LogP contribution < -0.4 is 0 Å². The highest BCUT2D eigenvalue weighted by molar-refractivity contribution is 5.76. The number of hydrogen-bond donors (Lipinski definition) is 0. The second kappa shape index (κ2) is 6.29. The van der Waals surface area contributed by atoms with Crippen molar-refractivity contribution in [1.82, 2.24) is 29.4 Å². The Hall–Kier alpha value is -2.18. The van der Waals surface area contributed by atoms with Crippen LogP contribution in [0.3, 0.4) is 0 Å². The van der Waals surface area contributed by atoms with Gasteiger partial charge in [-0.25, -0.2) is 9.67 Å². The van der Waals surface area contributed by atoms with Crippen molar-refractivity contribution >= 4 is 5.91 Å². The molecular formula is C15H22N6O. The van der Waals surface area contributed by atoms with Gasteiger partial charge in [-0.05, 0) is 32.8 Å². The van der Waals surface area contributed by atoms with E-state index in [0.29, 0.717) is 13.0 Å². The van der Waals surface area contributed by atoms with Gasteiger partial charge in [-0.3, -0.25) is 9.48 Å². The van der Waals surface area contributed by atoms with Crippen LogP contribution in [0.1, 0.15) is 36.7 Å². The second-order valence-electron chi connectivity index (χ2n) is 5.91. The Balaban J connectivity index is 1.56. The molecule has 118 valence electrons. The molecule has 1 aliphatic heterocycles. The molecule has 2 aromatic rings. The number of piperidine rings is 1. The van der Waals surface area contributed by atoms with Gasteiger partial charge < -0.3 is 4.90 Å². The van der Waals surface area contributed by atoms with Gasteiger partial charge in [-0.1, -0.05) is 0 Å². The van der Waals surface area contributed by atoms with E-state index >= 15 is 0 Å². The summed E-state index contributed by atoms with van der Waals surface area (Å²) in [5.74, 6) is 0.192. The van der Waals surface area contributed by atoms with E-state index in [-0.39, 0.29) is 11.9 Å². The summed E-state index contributed by atoms with van der Waals surface area (Å²) in [6.45, 7) is 6.19.